The maximum absolute atomic E-state index is 9.55. The van der Waals surface area contributed by atoms with Crippen LogP contribution in [0.3, 0.4) is 0 Å². The summed E-state index contributed by atoms with van der Waals surface area (Å²) in [5.41, 5.74) is -0.546. The number of hydrogen-bond acceptors (Lipinski definition) is 2. The van der Waals surface area contributed by atoms with Crippen LogP contribution in [0.15, 0.2) is 0 Å². The monoisotopic (exact) mass is 155 g/mol. The van der Waals surface area contributed by atoms with Crippen molar-refractivity contribution in [2.75, 3.05) is 0 Å². The van der Waals surface area contributed by atoms with E-state index in [1.807, 2.05) is 20.8 Å². The van der Waals surface area contributed by atoms with Crippen molar-refractivity contribution in [1.82, 2.24) is 0 Å². The molecule has 1 N–H and O–H groups in total. The average molecular weight is 155 g/mol. The zero-order chi connectivity index (χ0) is 8.91. The Morgan fingerprint density at radius 3 is 2.36 bits per heavy atom. The average Bonchev–Trinajstić information content (AvgIpc) is 2.03. The Hall–Kier alpha value is -0.550. The molecule has 0 aromatic rings. The van der Waals surface area contributed by atoms with Crippen LogP contribution >= 0.6 is 0 Å². The van der Waals surface area contributed by atoms with Crippen molar-refractivity contribution in [3.8, 4) is 6.07 Å². The summed E-state index contributed by atoms with van der Waals surface area (Å²) in [6.45, 7) is 5.76. The van der Waals surface area contributed by atoms with Crippen molar-refractivity contribution in [2.24, 2.45) is 5.41 Å². The van der Waals surface area contributed by atoms with Crippen molar-refractivity contribution in [3.63, 3.8) is 0 Å². The molecule has 2 atom stereocenters. The molecule has 2 unspecified atom stereocenters. The molecule has 0 aliphatic carbocycles. The van der Waals surface area contributed by atoms with Gasteiger partial charge >= 0.3 is 0 Å². The fraction of sp³-hybridized carbons (Fsp3) is 0.889. The molecule has 0 saturated heterocycles. The summed E-state index contributed by atoms with van der Waals surface area (Å²) in [5.74, 6) is 0. The van der Waals surface area contributed by atoms with Crippen molar-refractivity contribution in [3.05, 3.63) is 0 Å². The first-order chi connectivity index (χ1) is 5.10. The van der Waals surface area contributed by atoms with Crippen LogP contribution in [0.4, 0.5) is 0 Å². The highest BCUT2D eigenvalue weighted by Crippen LogP contribution is 2.27. The van der Waals surface area contributed by atoms with Crippen LogP contribution in [0.2, 0.25) is 0 Å². The third kappa shape index (κ3) is 2.51. The Balaban J connectivity index is 4.15. The third-order valence-corrected chi connectivity index (χ3v) is 2.29. The van der Waals surface area contributed by atoms with Crippen molar-refractivity contribution in [1.29, 1.82) is 5.26 Å². The Kier molecular flexibility index (Phi) is 4.14. The Morgan fingerprint density at radius 2 is 2.09 bits per heavy atom. The summed E-state index contributed by atoms with van der Waals surface area (Å²) in [4.78, 5) is 0. The first-order valence-corrected chi connectivity index (χ1v) is 4.20. The van der Waals surface area contributed by atoms with Gasteiger partial charge in [0, 0.05) is 0 Å². The van der Waals surface area contributed by atoms with E-state index < -0.39 is 11.5 Å². The van der Waals surface area contributed by atoms with Gasteiger partial charge in [-0.15, -0.1) is 0 Å². The van der Waals surface area contributed by atoms with Crippen LogP contribution < -0.4 is 0 Å². The van der Waals surface area contributed by atoms with E-state index in [0.717, 1.165) is 12.8 Å². The van der Waals surface area contributed by atoms with Crippen molar-refractivity contribution >= 4 is 0 Å². The summed E-state index contributed by atoms with van der Waals surface area (Å²) in [6, 6.07) is 2.16. The zero-order valence-corrected chi connectivity index (χ0v) is 7.59. The SMILES string of the molecule is CCCC(O)C(C)(C#N)CC. The number of aliphatic hydroxyl groups excluding tert-OH is 1. The third-order valence-electron chi connectivity index (χ3n) is 2.29. The highest BCUT2D eigenvalue weighted by atomic mass is 16.3. The molecule has 11 heavy (non-hydrogen) atoms. The second-order valence-electron chi connectivity index (χ2n) is 3.19. The summed E-state index contributed by atoms with van der Waals surface area (Å²) in [7, 11) is 0. The van der Waals surface area contributed by atoms with Gasteiger partial charge in [-0.1, -0.05) is 20.3 Å². The molecule has 0 amide bonds. The van der Waals surface area contributed by atoms with E-state index in [9.17, 15) is 5.11 Å². The molecule has 0 heterocycles. The number of nitriles is 1. The van der Waals surface area contributed by atoms with Crippen LogP contribution in [0, 0.1) is 16.7 Å². The van der Waals surface area contributed by atoms with Gasteiger partial charge < -0.3 is 5.11 Å². The number of nitrogens with zero attached hydrogens (tertiary/aromatic N) is 1. The Morgan fingerprint density at radius 1 is 1.55 bits per heavy atom. The summed E-state index contributed by atoms with van der Waals surface area (Å²) < 4.78 is 0. The topological polar surface area (TPSA) is 44.0 Å². The molecule has 0 radical (unpaired) electrons. The van der Waals surface area contributed by atoms with Crippen molar-refractivity contribution < 1.29 is 5.11 Å². The largest absolute Gasteiger partial charge is 0.391 e. The summed E-state index contributed by atoms with van der Waals surface area (Å²) >= 11 is 0. The van der Waals surface area contributed by atoms with E-state index in [-0.39, 0.29) is 0 Å². The fourth-order valence-corrected chi connectivity index (χ4v) is 0.981. The maximum atomic E-state index is 9.55. The molecule has 2 nitrogen and oxygen atoms in total. The van der Waals surface area contributed by atoms with Gasteiger partial charge in [-0.05, 0) is 19.8 Å². The smallest absolute Gasteiger partial charge is 0.0801 e. The quantitative estimate of drug-likeness (QED) is 0.675. The lowest BCUT2D eigenvalue weighted by Gasteiger charge is -2.25. The molecule has 0 aliphatic rings. The second-order valence-corrected chi connectivity index (χ2v) is 3.19. The van der Waals surface area contributed by atoms with Crippen LogP contribution in [0.5, 0.6) is 0 Å². The number of rotatable bonds is 4. The molecule has 0 spiro atoms. The highest BCUT2D eigenvalue weighted by Gasteiger charge is 2.30. The Labute approximate surface area is 68.8 Å². The first-order valence-electron chi connectivity index (χ1n) is 4.20. The Bertz CT molecular complexity index is 150. The summed E-state index contributed by atoms with van der Waals surface area (Å²) in [5, 5.41) is 18.3. The van der Waals surface area contributed by atoms with Gasteiger partial charge in [-0.25, -0.2) is 0 Å². The molecule has 0 aliphatic heterocycles. The van der Waals surface area contributed by atoms with E-state index in [2.05, 4.69) is 6.07 Å². The molecular formula is C9H17NO. The molecule has 0 fully saturated rings. The van der Waals surface area contributed by atoms with Crippen LogP contribution in [0.25, 0.3) is 0 Å². The lowest BCUT2D eigenvalue weighted by Crippen LogP contribution is -2.29. The van der Waals surface area contributed by atoms with Gasteiger partial charge in [-0.2, -0.15) is 5.26 Å². The van der Waals surface area contributed by atoms with E-state index >= 15 is 0 Å². The van der Waals surface area contributed by atoms with E-state index in [1.165, 1.54) is 0 Å². The van der Waals surface area contributed by atoms with E-state index in [1.54, 1.807) is 0 Å². The molecule has 64 valence electrons. The van der Waals surface area contributed by atoms with Crippen LogP contribution in [-0.2, 0) is 0 Å². The van der Waals surface area contributed by atoms with Gasteiger partial charge in [0.05, 0.1) is 17.6 Å². The van der Waals surface area contributed by atoms with E-state index in [4.69, 9.17) is 5.26 Å². The zero-order valence-electron chi connectivity index (χ0n) is 7.59. The molecule has 0 aromatic carbocycles. The highest BCUT2D eigenvalue weighted by molar-refractivity contribution is 4.99. The molecule has 0 bridgehead atoms. The number of hydrogen-bond donors (Lipinski definition) is 1. The fourth-order valence-electron chi connectivity index (χ4n) is 0.981. The van der Waals surface area contributed by atoms with Gasteiger partial charge in [0.2, 0.25) is 0 Å². The first kappa shape index (κ1) is 10.4. The predicted octanol–water partition coefficient (Wildman–Crippen LogP) is 2.09. The van der Waals surface area contributed by atoms with Gasteiger partial charge in [-0.3, -0.25) is 0 Å². The van der Waals surface area contributed by atoms with Crippen molar-refractivity contribution in [2.45, 2.75) is 46.1 Å². The maximum Gasteiger partial charge on any atom is 0.0801 e. The van der Waals surface area contributed by atoms with Gasteiger partial charge in [0.25, 0.3) is 0 Å². The second kappa shape index (κ2) is 4.35. The van der Waals surface area contributed by atoms with Crippen LogP contribution in [-0.4, -0.2) is 11.2 Å². The molecule has 2 heteroatoms. The lowest BCUT2D eigenvalue weighted by molar-refractivity contribution is 0.0642. The predicted molar refractivity (Wildman–Crippen MR) is 44.9 cm³/mol. The molecule has 0 rings (SSSR count). The molecule has 0 saturated carbocycles. The van der Waals surface area contributed by atoms with Crippen LogP contribution in [0.1, 0.15) is 40.0 Å². The van der Waals surface area contributed by atoms with E-state index in [0.29, 0.717) is 6.42 Å². The minimum atomic E-state index is -0.546. The lowest BCUT2D eigenvalue weighted by atomic mass is 9.81. The minimum Gasteiger partial charge on any atom is -0.391 e. The molecular weight excluding hydrogens is 138 g/mol. The van der Waals surface area contributed by atoms with Gasteiger partial charge in [0.1, 0.15) is 0 Å². The minimum absolute atomic E-state index is 0.470. The summed E-state index contributed by atoms with van der Waals surface area (Å²) in [6.07, 6.45) is 1.89. The number of aliphatic hydroxyl groups is 1. The standard InChI is InChI=1S/C9H17NO/c1-4-6-8(11)9(3,5-2)7-10/h8,11H,4-6H2,1-3H3. The normalized spacial score (nSPS) is 18.5. The molecule has 0 aromatic heterocycles. The van der Waals surface area contributed by atoms with Gasteiger partial charge in [0.15, 0.2) is 0 Å².